The van der Waals surface area contributed by atoms with Crippen LogP contribution in [0.15, 0.2) is 40.9 Å². The zero-order valence-corrected chi connectivity index (χ0v) is 18.8. The largest absolute Gasteiger partial charge is 0.493 e. The van der Waals surface area contributed by atoms with Crippen LogP contribution in [0.3, 0.4) is 0 Å². The predicted octanol–water partition coefficient (Wildman–Crippen LogP) is 3.89. The summed E-state index contributed by atoms with van der Waals surface area (Å²) < 4.78 is 26.9. The molecule has 31 heavy (non-hydrogen) atoms. The van der Waals surface area contributed by atoms with Crippen LogP contribution in [-0.4, -0.2) is 46.3 Å². The minimum atomic E-state index is -0.320. The van der Waals surface area contributed by atoms with Crippen LogP contribution in [-0.2, 0) is 11.3 Å². The third kappa shape index (κ3) is 4.07. The average molecular weight is 490 g/mol. The number of hydrogen-bond acceptors (Lipinski definition) is 6. The minimum Gasteiger partial charge on any atom is -0.493 e. The van der Waals surface area contributed by atoms with Crippen molar-refractivity contribution >= 4 is 33.5 Å². The number of carbonyl (C=O) groups excluding carboxylic acids is 1. The Balaban J connectivity index is 1.76. The number of methoxy groups -OCH3 is 2. The molecule has 1 atom stereocenters. The Bertz CT molecular complexity index is 1120. The third-order valence-corrected chi connectivity index (χ3v) is 5.88. The molecule has 1 aliphatic rings. The number of nitrogens with zero attached hydrogens (tertiary/aromatic N) is 4. The molecule has 0 aliphatic carbocycles. The third-order valence-electron chi connectivity index (χ3n) is 5.22. The second-order valence-corrected chi connectivity index (χ2v) is 7.94. The Hall–Kier alpha value is -3.14. The van der Waals surface area contributed by atoms with Gasteiger partial charge in [-0.1, -0.05) is 12.1 Å². The second-order valence-electron chi connectivity index (χ2n) is 7.09. The highest BCUT2D eigenvalue weighted by molar-refractivity contribution is 9.10. The van der Waals surface area contributed by atoms with Gasteiger partial charge >= 0.3 is 0 Å². The molecule has 162 valence electrons. The van der Waals surface area contributed by atoms with Crippen LogP contribution in [0.5, 0.6) is 11.5 Å². The zero-order valence-electron chi connectivity index (χ0n) is 17.2. The number of ether oxygens (including phenoxy) is 2. The highest BCUT2D eigenvalue weighted by Crippen LogP contribution is 2.38. The molecule has 0 spiro atoms. The van der Waals surface area contributed by atoms with Crippen molar-refractivity contribution in [1.29, 1.82) is 0 Å². The quantitative estimate of drug-likeness (QED) is 0.585. The second kappa shape index (κ2) is 8.54. The van der Waals surface area contributed by atoms with Gasteiger partial charge < -0.3 is 19.7 Å². The van der Waals surface area contributed by atoms with Crippen molar-refractivity contribution in [1.82, 2.24) is 19.7 Å². The lowest BCUT2D eigenvalue weighted by molar-refractivity contribution is -0.130. The van der Waals surface area contributed by atoms with Gasteiger partial charge in [0.2, 0.25) is 11.9 Å². The van der Waals surface area contributed by atoms with Crippen molar-refractivity contribution in [2.24, 2.45) is 0 Å². The average Bonchev–Trinajstić information content (AvgIpc) is 3.17. The van der Waals surface area contributed by atoms with Crippen molar-refractivity contribution in [3.63, 3.8) is 0 Å². The number of nitrogens with one attached hydrogen (secondary N) is 1. The molecule has 1 N–H and O–H groups in total. The molecule has 0 fully saturated rings. The lowest BCUT2D eigenvalue weighted by Gasteiger charge is -2.34. The van der Waals surface area contributed by atoms with E-state index in [2.05, 4.69) is 31.4 Å². The van der Waals surface area contributed by atoms with E-state index in [-0.39, 0.29) is 17.8 Å². The lowest BCUT2D eigenvalue weighted by atomic mass is 10.0. The molecule has 0 saturated carbocycles. The summed E-state index contributed by atoms with van der Waals surface area (Å²) in [6.07, 6.45) is 0. The van der Waals surface area contributed by atoms with Gasteiger partial charge in [0.1, 0.15) is 5.82 Å². The van der Waals surface area contributed by atoms with Crippen LogP contribution in [0.1, 0.15) is 24.4 Å². The van der Waals surface area contributed by atoms with E-state index in [1.165, 1.54) is 19.1 Å². The maximum absolute atomic E-state index is 13.5. The van der Waals surface area contributed by atoms with E-state index in [1.807, 2.05) is 4.57 Å². The number of aromatic nitrogens is 3. The standard InChI is InChI=1S/C21H21BrFN5O3/c1-12(29)27-10-17(13-4-6-14(23)7-5-13)28-20(11-27)25-26-21(28)24-16-9-19(31-3)18(30-2)8-15(16)22/h4-9,17H,10-11H2,1-3H3,(H,24,26). The number of benzene rings is 2. The number of amides is 1. The molecule has 10 heteroatoms. The number of carbonyl (C=O) groups is 1. The van der Waals surface area contributed by atoms with E-state index in [9.17, 15) is 9.18 Å². The van der Waals surface area contributed by atoms with E-state index in [0.717, 1.165) is 10.0 Å². The summed E-state index contributed by atoms with van der Waals surface area (Å²) >= 11 is 3.54. The van der Waals surface area contributed by atoms with Gasteiger partial charge in [0, 0.05) is 30.1 Å². The summed E-state index contributed by atoms with van der Waals surface area (Å²) in [5.41, 5.74) is 1.56. The van der Waals surface area contributed by atoms with Gasteiger partial charge in [-0.05, 0) is 33.6 Å². The molecule has 8 nitrogen and oxygen atoms in total. The SMILES string of the molecule is COc1cc(Br)c(Nc2nnc3n2C(c2ccc(F)cc2)CN(C(C)=O)C3)cc1OC. The summed E-state index contributed by atoms with van der Waals surface area (Å²) in [6, 6.07) is 9.55. The molecule has 4 rings (SSSR count). The van der Waals surface area contributed by atoms with Crippen molar-refractivity contribution in [2.75, 3.05) is 26.1 Å². The summed E-state index contributed by atoms with van der Waals surface area (Å²) in [5.74, 6) is 1.90. The maximum Gasteiger partial charge on any atom is 0.229 e. The fourth-order valence-electron chi connectivity index (χ4n) is 3.62. The smallest absolute Gasteiger partial charge is 0.229 e. The number of hydrogen-bond donors (Lipinski definition) is 1. The zero-order chi connectivity index (χ0) is 22.1. The summed E-state index contributed by atoms with van der Waals surface area (Å²) in [4.78, 5) is 13.8. The monoisotopic (exact) mass is 489 g/mol. The topological polar surface area (TPSA) is 81.5 Å². The van der Waals surface area contributed by atoms with E-state index >= 15 is 0 Å². The molecule has 1 aliphatic heterocycles. The maximum atomic E-state index is 13.5. The number of anilines is 2. The van der Waals surface area contributed by atoms with E-state index < -0.39 is 0 Å². The van der Waals surface area contributed by atoms with Gasteiger partial charge in [0.15, 0.2) is 17.3 Å². The molecular formula is C21H21BrFN5O3. The molecule has 0 radical (unpaired) electrons. The number of rotatable bonds is 5. The first-order valence-electron chi connectivity index (χ1n) is 9.54. The Labute approximate surface area is 187 Å². The van der Waals surface area contributed by atoms with Gasteiger partial charge in [-0.15, -0.1) is 10.2 Å². The van der Waals surface area contributed by atoms with Gasteiger partial charge in [0.25, 0.3) is 0 Å². The van der Waals surface area contributed by atoms with Crippen molar-refractivity contribution in [3.05, 3.63) is 58.1 Å². The molecule has 1 aromatic heterocycles. The first-order chi connectivity index (χ1) is 14.9. The summed E-state index contributed by atoms with van der Waals surface area (Å²) in [5, 5.41) is 11.9. The van der Waals surface area contributed by atoms with Gasteiger partial charge in [0.05, 0.1) is 32.5 Å². The molecular weight excluding hydrogens is 469 g/mol. The molecule has 2 aromatic carbocycles. The van der Waals surface area contributed by atoms with Gasteiger partial charge in [-0.3, -0.25) is 9.36 Å². The normalized spacial score (nSPS) is 15.4. The van der Waals surface area contributed by atoms with Crippen LogP contribution in [0.4, 0.5) is 16.0 Å². The number of halogens is 2. The molecule has 1 amide bonds. The number of fused-ring (bicyclic) bond motifs is 1. The fraction of sp³-hybridized carbons (Fsp3) is 0.286. The first kappa shape index (κ1) is 21.1. The Morgan fingerprint density at radius 2 is 1.84 bits per heavy atom. The summed E-state index contributed by atoms with van der Waals surface area (Å²) in [7, 11) is 3.13. The van der Waals surface area contributed by atoms with Crippen LogP contribution in [0.25, 0.3) is 0 Å². The summed E-state index contributed by atoms with van der Waals surface area (Å²) in [6.45, 7) is 2.29. The first-order valence-corrected chi connectivity index (χ1v) is 10.3. The van der Waals surface area contributed by atoms with Crippen LogP contribution in [0.2, 0.25) is 0 Å². The lowest BCUT2D eigenvalue weighted by Crippen LogP contribution is -2.40. The van der Waals surface area contributed by atoms with Crippen molar-refractivity contribution < 1.29 is 18.7 Å². The molecule has 1 unspecified atom stereocenters. The Kier molecular flexibility index (Phi) is 5.81. The van der Waals surface area contributed by atoms with Crippen LogP contribution >= 0.6 is 15.9 Å². The predicted molar refractivity (Wildman–Crippen MR) is 116 cm³/mol. The molecule has 0 saturated heterocycles. The Morgan fingerprint density at radius 1 is 1.16 bits per heavy atom. The highest BCUT2D eigenvalue weighted by atomic mass is 79.9. The van der Waals surface area contributed by atoms with E-state index in [4.69, 9.17) is 9.47 Å². The molecule has 3 aromatic rings. The fourth-order valence-corrected chi connectivity index (χ4v) is 4.04. The minimum absolute atomic E-state index is 0.0569. The van der Waals surface area contributed by atoms with Crippen molar-refractivity contribution in [2.45, 2.75) is 19.5 Å². The van der Waals surface area contributed by atoms with Gasteiger partial charge in [-0.2, -0.15) is 0 Å². The van der Waals surface area contributed by atoms with Gasteiger partial charge in [-0.25, -0.2) is 4.39 Å². The van der Waals surface area contributed by atoms with Crippen LogP contribution in [0, 0.1) is 5.82 Å². The van der Waals surface area contributed by atoms with Crippen molar-refractivity contribution in [3.8, 4) is 11.5 Å². The molecule has 2 heterocycles. The molecule has 0 bridgehead atoms. The van der Waals surface area contributed by atoms with E-state index in [1.54, 1.807) is 43.4 Å². The highest BCUT2D eigenvalue weighted by Gasteiger charge is 2.31. The van der Waals surface area contributed by atoms with E-state index in [0.29, 0.717) is 42.0 Å². The Morgan fingerprint density at radius 3 is 2.48 bits per heavy atom. The van der Waals surface area contributed by atoms with Crippen LogP contribution < -0.4 is 14.8 Å².